The first-order valence-corrected chi connectivity index (χ1v) is 5.15. The second-order valence-corrected chi connectivity index (χ2v) is 3.27. The van der Waals surface area contributed by atoms with Crippen molar-refractivity contribution in [2.75, 3.05) is 11.9 Å². The number of aromatic nitrogens is 3. The SMILES string of the molecule is O=C(Nc1ncc[nH]1)c1ccncc1C#CCO. The quantitative estimate of drug-likeness (QED) is 0.665. The van der Waals surface area contributed by atoms with Crippen molar-refractivity contribution in [1.82, 2.24) is 15.0 Å². The van der Waals surface area contributed by atoms with Crippen molar-refractivity contribution in [3.05, 3.63) is 42.0 Å². The zero-order valence-corrected chi connectivity index (χ0v) is 9.34. The summed E-state index contributed by atoms with van der Waals surface area (Å²) in [4.78, 5) is 22.5. The molecule has 0 saturated carbocycles. The smallest absolute Gasteiger partial charge is 0.259 e. The van der Waals surface area contributed by atoms with Gasteiger partial charge in [-0.15, -0.1) is 0 Å². The summed E-state index contributed by atoms with van der Waals surface area (Å²) in [5.41, 5.74) is 0.831. The van der Waals surface area contributed by atoms with Crippen LogP contribution in [0.25, 0.3) is 0 Å². The van der Waals surface area contributed by atoms with Gasteiger partial charge in [0, 0.05) is 24.8 Å². The number of carbonyl (C=O) groups is 1. The molecule has 2 rings (SSSR count). The number of aliphatic hydroxyl groups excluding tert-OH is 1. The molecule has 2 aromatic heterocycles. The summed E-state index contributed by atoms with van der Waals surface area (Å²) in [6.45, 7) is -0.270. The molecule has 0 spiro atoms. The van der Waals surface area contributed by atoms with Gasteiger partial charge >= 0.3 is 0 Å². The number of hydrogen-bond donors (Lipinski definition) is 3. The zero-order chi connectivity index (χ0) is 12.8. The average molecular weight is 242 g/mol. The largest absolute Gasteiger partial charge is 0.384 e. The molecule has 2 heterocycles. The van der Waals surface area contributed by atoms with E-state index in [0.29, 0.717) is 17.1 Å². The maximum absolute atomic E-state index is 12.0. The highest BCUT2D eigenvalue weighted by Gasteiger charge is 2.11. The normalized spacial score (nSPS) is 9.39. The molecule has 0 fully saturated rings. The van der Waals surface area contributed by atoms with Crippen molar-refractivity contribution in [1.29, 1.82) is 0 Å². The van der Waals surface area contributed by atoms with Crippen LogP contribution in [0.1, 0.15) is 15.9 Å². The van der Waals surface area contributed by atoms with Gasteiger partial charge in [-0.05, 0) is 6.07 Å². The van der Waals surface area contributed by atoms with Gasteiger partial charge in [0.15, 0.2) is 0 Å². The number of aliphatic hydroxyl groups is 1. The fourth-order valence-corrected chi connectivity index (χ4v) is 1.34. The highest BCUT2D eigenvalue weighted by molar-refractivity contribution is 6.05. The van der Waals surface area contributed by atoms with Crippen LogP contribution in [0.2, 0.25) is 0 Å². The molecule has 2 aromatic rings. The van der Waals surface area contributed by atoms with Crippen LogP contribution in [0.3, 0.4) is 0 Å². The summed E-state index contributed by atoms with van der Waals surface area (Å²) in [5, 5.41) is 11.2. The molecule has 0 aliphatic carbocycles. The molecule has 0 unspecified atom stereocenters. The van der Waals surface area contributed by atoms with Gasteiger partial charge in [-0.3, -0.25) is 15.1 Å². The van der Waals surface area contributed by atoms with Crippen LogP contribution in [0.5, 0.6) is 0 Å². The van der Waals surface area contributed by atoms with Gasteiger partial charge in [0.25, 0.3) is 5.91 Å². The summed E-state index contributed by atoms with van der Waals surface area (Å²) < 4.78 is 0. The number of anilines is 1. The first-order chi connectivity index (χ1) is 8.81. The molecule has 0 radical (unpaired) electrons. The summed E-state index contributed by atoms with van der Waals surface area (Å²) in [6, 6.07) is 1.56. The van der Waals surface area contributed by atoms with Gasteiger partial charge in [0.2, 0.25) is 5.95 Å². The zero-order valence-electron chi connectivity index (χ0n) is 9.34. The van der Waals surface area contributed by atoms with Crippen LogP contribution in [-0.4, -0.2) is 32.6 Å². The maximum Gasteiger partial charge on any atom is 0.259 e. The molecular weight excluding hydrogens is 232 g/mol. The van der Waals surface area contributed by atoms with Crippen molar-refractivity contribution >= 4 is 11.9 Å². The van der Waals surface area contributed by atoms with Gasteiger partial charge in [0.1, 0.15) is 6.61 Å². The van der Waals surface area contributed by atoms with Crippen LogP contribution >= 0.6 is 0 Å². The molecule has 0 bridgehead atoms. The number of pyridine rings is 1. The van der Waals surface area contributed by atoms with E-state index in [1.807, 2.05) is 0 Å². The van der Waals surface area contributed by atoms with Gasteiger partial charge in [-0.25, -0.2) is 4.98 Å². The molecule has 0 atom stereocenters. The number of amides is 1. The maximum atomic E-state index is 12.0. The van der Waals surface area contributed by atoms with Gasteiger partial charge < -0.3 is 10.1 Å². The molecule has 0 aromatic carbocycles. The van der Waals surface area contributed by atoms with Gasteiger partial charge in [-0.2, -0.15) is 0 Å². The lowest BCUT2D eigenvalue weighted by molar-refractivity contribution is 0.102. The van der Waals surface area contributed by atoms with E-state index in [2.05, 4.69) is 32.1 Å². The standard InChI is InChI=1S/C12H10N4O2/c17-7-1-2-9-8-13-4-3-10(9)11(18)16-12-14-5-6-15-12/h3-6,8,17H,7H2,(H2,14,15,16,18). The third-order valence-electron chi connectivity index (χ3n) is 2.10. The first kappa shape index (κ1) is 11.8. The van der Waals surface area contributed by atoms with E-state index in [0.717, 1.165) is 0 Å². The lowest BCUT2D eigenvalue weighted by Gasteiger charge is -2.03. The first-order valence-electron chi connectivity index (χ1n) is 5.15. The lowest BCUT2D eigenvalue weighted by Crippen LogP contribution is -2.14. The second kappa shape index (κ2) is 5.61. The van der Waals surface area contributed by atoms with Crippen LogP contribution in [0, 0.1) is 11.8 Å². The Labute approximate surface area is 103 Å². The minimum Gasteiger partial charge on any atom is -0.384 e. The number of nitrogens with zero attached hydrogens (tertiary/aromatic N) is 2. The summed E-state index contributed by atoms with van der Waals surface area (Å²) in [7, 11) is 0. The lowest BCUT2D eigenvalue weighted by atomic mass is 10.1. The van der Waals surface area contributed by atoms with Gasteiger partial charge in [-0.1, -0.05) is 11.8 Å². The number of hydrogen-bond acceptors (Lipinski definition) is 4. The minimum atomic E-state index is -0.338. The molecule has 6 nitrogen and oxygen atoms in total. The molecule has 18 heavy (non-hydrogen) atoms. The fraction of sp³-hybridized carbons (Fsp3) is 0.0833. The Bertz CT molecular complexity index is 596. The van der Waals surface area contributed by atoms with Crippen molar-refractivity contribution in [3.63, 3.8) is 0 Å². The number of nitrogens with one attached hydrogen (secondary N) is 2. The van der Waals surface area contributed by atoms with Crippen molar-refractivity contribution < 1.29 is 9.90 Å². The monoisotopic (exact) mass is 242 g/mol. The third kappa shape index (κ3) is 2.72. The predicted molar refractivity (Wildman–Crippen MR) is 64.7 cm³/mol. The predicted octanol–water partition coefficient (Wildman–Crippen LogP) is 0.401. The Morgan fingerprint density at radius 2 is 2.39 bits per heavy atom. The number of aromatic amines is 1. The summed E-state index contributed by atoms with van der Waals surface area (Å²) >= 11 is 0. The molecular formula is C12H10N4O2. The van der Waals surface area contributed by atoms with Crippen molar-refractivity contribution in [2.24, 2.45) is 0 Å². The van der Waals surface area contributed by atoms with E-state index in [1.54, 1.807) is 12.3 Å². The molecule has 6 heteroatoms. The molecule has 0 saturated heterocycles. The van der Waals surface area contributed by atoms with Crippen molar-refractivity contribution in [2.45, 2.75) is 0 Å². The summed E-state index contributed by atoms with van der Waals surface area (Å²) in [6.07, 6.45) is 6.12. The Hall–Kier alpha value is -2.65. The number of rotatable bonds is 2. The number of imidazole rings is 1. The van der Waals surface area contributed by atoms with Crippen LogP contribution in [0.15, 0.2) is 30.9 Å². The average Bonchev–Trinajstić information content (AvgIpc) is 2.89. The van der Waals surface area contributed by atoms with E-state index in [9.17, 15) is 4.79 Å². The Morgan fingerprint density at radius 1 is 1.50 bits per heavy atom. The molecule has 90 valence electrons. The molecule has 0 aliphatic heterocycles. The second-order valence-electron chi connectivity index (χ2n) is 3.27. The van der Waals surface area contributed by atoms with Gasteiger partial charge in [0.05, 0.1) is 11.1 Å². The van der Waals surface area contributed by atoms with E-state index in [1.165, 1.54) is 18.6 Å². The van der Waals surface area contributed by atoms with Crippen LogP contribution in [-0.2, 0) is 0 Å². The number of H-pyrrole nitrogens is 1. The van der Waals surface area contributed by atoms with Crippen LogP contribution in [0.4, 0.5) is 5.95 Å². The Kier molecular flexibility index (Phi) is 3.69. The number of carbonyl (C=O) groups excluding carboxylic acids is 1. The topological polar surface area (TPSA) is 90.9 Å². The van der Waals surface area contributed by atoms with E-state index < -0.39 is 0 Å². The summed E-state index contributed by atoms with van der Waals surface area (Å²) in [5.74, 6) is 5.17. The molecule has 3 N–H and O–H groups in total. The minimum absolute atomic E-state index is 0.270. The molecule has 1 amide bonds. The highest BCUT2D eigenvalue weighted by Crippen LogP contribution is 2.08. The van der Waals surface area contributed by atoms with E-state index in [4.69, 9.17) is 5.11 Å². The molecule has 0 aliphatic rings. The Balaban J connectivity index is 2.24. The van der Waals surface area contributed by atoms with E-state index in [-0.39, 0.29) is 12.5 Å². The highest BCUT2D eigenvalue weighted by atomic mass is 16.2. The van der Waals surface area contributed by atoms with Crippen LogP contribution < -0.4 is 5.32 Å². The third-order valence-corrected chi connectivity index (χ3v) is 2.10. The van der Waals surface area contributed by atoms with Crippen molar-refractivity contribution in [3.8, 4) is 11.8 Å². The Morgan fingerprint density at radius 3 is 3.11 bits per heavy atom. The fourth-order valence-electron chi connectivity index (χ4n) is 1.34. The van der Waals surface area contributed by atoms with E-state index >= 15 is 0 Å².